The summed E-state index contributed by atoms with van der Waals surface area (Å²) in [4.78, 5) is 11.9. The van der Waals surface area contributed by atoms with Gasteiger partial charge in [0.25, 0.3) is 0 Å². The molecule has 0 heterocycles. The molecule has 0 aliphatic heterocycles. The van der Waals surface area contributed by atoms with E-state index in [-0.39, 0.29) is 35.4 Å². The highest BCUT2D eigenvalue weighted by Crippen LogP contribution is 2.38. The number of rotatable bonds is 7. The lowest BCUT2D eigenvalue weighted by Gasteiger charge is -2.23. The first-order valence-corrected chi connectivity index (χ1v) is 8.73. The molecule has 0 unspecified atom stereocenters. The molecule has 5 nitrogen and oxygen atoms in total. The fourth-order valence-corrected chi connectivity index (χ4v) is 3.45. The number of carbonyl (C=O) groups is 1. The second kappa shape index (κ2) is 6.15. The summed E-state index contributed by atoms with van der Waals surface area (Å²) in [6.07, 6.45) is 1.86. The van der Waals surface area contributed by atoms with Gasteiger partial charge in [0.2, 0.25) is 5.91 Å². The van der Waals surface area contributed by atoms with Gasteiger partial charge in [-0.1, -0.05) is 18.2 Å². The van der Waals surface area contributed by atoms with Gasteiger partial charge in [-0.15, -0.1) is 0 Å². The van der Waals surface area contributed by atoms with Gasteiger partial charge in [0.15, 0.2) is 9.84 Å². The molecule has 2 N–H and O–H groups in total. The number of carbonyl (C=O) groups excluding carboxylic acids is 1. The summed E-state index contributed by atoms with van der Waals surface area (Å²) in [5.41, 5.74) is -0.895. The normalized spacial score (nSPS) is 18.0. The molecule has 1 aliphatic rings. The SMILES string of the molecule is C[C@@](O)(CNC(=O)CCS(=O)(=O)c1ccccc1)C1CC1. The van der Waals surface area contributed by atoms with Crippen molar-refractivity contribution < 1.29 is 18.3 Å². The Hall–Kier alpha value is -1.40. The molecule has 0 saturated heterocycles. The molecule has 1 aromatic carbocycles. The van der Waals surface area contributed by atoms with Crippen LogP contribution in [0.4, 0.5) is 0 Å². The minimum Gasteiger partial charge on any atom is -0.388 e. The van der Waals surface area contributed by atoms with E-state index in [0.29, 0.717) is 0 Å². The fourth-order valence-electron chi connectivity index (χ4n) is 2.19. The van der Waals surface area contributed by atoms with E-state index in [9.17, 15) is 18.3 Å². The monoisotopic (exact) mass is 311 g/mol. The van der Waals surface area contributed by atoms with Crippen molar-refractivity contribution >= 4 is 15.7 Å². The summed E-state index contributed by atoms with van der Waals surface area (Å²) in [5, 5.41) is 12.7. The fraction of sp³-hybridized carbons (Fsp3) is 0.533. The molecule has 0 spiro atoms. The quantitative estimate of drug-likeness (QED) is 0.790. The third-order valence-corrected chi connectivity index (χ3v) is 5.53. The van der Waals surface area contributed by atoms with Crippen LogP contribution in [0.25, 0.3) is 0 Å². The Kier molecular flexibility index (Phi) is 4.68. The van der Waals surface area contributed by atoms with Crippen molar-refractivity contribution in [2.24, 2.45) is 5.92 Å². The van der Waals surface area contributed by atoms with Crippen LogP contribution in [-0.2, 0) is 14.6 Å². The molecule has 1 aliphatic carbocycles. The number of nitrogens with one attached hydrogen (secondary N) is 1. The lowest BCUT2D eigenvalue weighted by molar-refractivity contribution is -0.122. The Morgan fingerprint density at radius 3 is 2.52 bits per heavy atom. The number of sulfone groups is 1. The molecule has 0 radical (unpaired) electrons. The van der Waals surface area contributed by atoms with Gasteiger partial charge in [-0.2, -0.15) is 0 Å². The number of amides is 1. The van der Waals surface area contributed by atoms with Crippen LogP contribution in [-0.4, -0.2) is 37.3 Å². The van der Waals surface area contributed by atoms with E-state index >= 15 is 0 Å². The molecule has 116 valence electrons. The molecule has 0 aromatic heterocycles. The Balaban J connectivity index is 1.81. The highest BCUT2D eigenvalue weighted by molar-refractivity contribution is 7.91. The molecule has 0 bridgehead atoms. The zero-order valence-corrected chi connectivity index (χ0v) is 12.9. The topological polar surface area (TPSA) is 83.5 Å². The van der Waals surface area contributed by atoms with Crippen LogP contribution < -0.4 is 5.32 Å². The van der Waals surface area contributed by atoms with Gasteiger partial charge in [0.05, 0.1) is 16.2 Å². The summed E-state index contributed by atoms with van der Waals surface area (Å²) in [7, 11) is -3.44. The second-order valence-electron chi connectivity index (χ2n) is 5.79. The average Bonchev–Trinajstić information content (AvgIpc) is 3.29. The molecular weight excluding hydrogens is 290 g/mol. The van der Waals surface area contributed by atoms with E-state index in [1.54, 1.807) is 25.1 Å². The standard InChI is InChI=1S/C15H21NO4S/c1-15(18,12-7-8-12)11-16-14(17)9-10-21(19,20)13-5-3-2-4-6-13/h2-6,12,18H,7-11H2,1H3,(H,16,17)/t15-/m1/s1. The maximum atomic E-state index is 12.0. The van der Waals surface area contributed by atoms with Gasteiger partial charge in [0, 0.05) is 13.0 Å². The van der Waals surface area contributed by atoms with E-state index in [1.165, 1.54) is 12.1 Å². The van der Waals surface area contributed by atoms with Gasteiger partial charge >= 0.3 is 0 Å². The Morgan fingerprint density at radius 2 is 1.95 bits per heavy atom. The maximum absolute atomic E-state index is 12.0. The van der Waals surface area contributed by atoms with Crippen LogP contribution >= 0.6 is 0 Å². The van der Waals surface area contributed by atoms with Crippen LogP contribution in [0.3, 0.4) is 0 Å². The van der Waals surface area contributed by atoms with Crippen LogP contribution in [0.15, 0.2) is 35.2 Å². The summed E-state index contributed by atoms with van der Waals surface area (Å²) >= 11 is 0. The Labute approximate surface area is 125 Å². The number of benzene rings is 1. The molecule has 1 aromatic rings. The summed E-state index contributed by atoms with van der Waals surface area (Å²) in [6, 6.07) is 8.08. The molecule has 1 amide bonds. The average molecular weight is 311 g/mol. The van der Waals surface area contributed by atoms with E-state index < -0.39 is 15.4 Å². The Bertz CT molecular complexity index is 591. The molecule has 1 fully saturated rings. The van der Waals surface area contributed by atoms with Gasteiger partial charge in [-0.25, -0.2) is 8.42 Å². The minimum absolute atomic E-state index is 0.0992. The van der Waals surface area contributed by atoms with Crippen LogP contribution in [0.2, 0.25) is 0 Å². The second-order valence-corrected chi connectivity index (χ2v) is 7.90. The molecule has 1 atom stereocenters. The van der Waals surface area contributed by atoms with Crippen molar-refractivity contribution in [1.29, 1.82) is 0 Å². The first-order chi connectivity index (χ1) is 9.81. The highest BCUT2D eigenvalue weighted by Gasteiger charge is 2.39. The van der Waals surface area contributed by atoms with Crippen molar-refractivity contribution in [3.63, 3.8) is 0 Å². The van der Waals surface area contributed by atoms with Gasteiger partial charge < -0.3 is 10.4 Å². The van der Waals surface area contributed by atoms with Gasteiger partial charge in [-0.3, -0.25) is 4.79 Å². The van der Waals surface area contributed by atoms with E-state index in [4.69, 9.17) is 0 Å². The molecule has 6 heteroatoms. The first kappa shape index (κ1) is 16.0. The summed E-state index contributed by atoms with van der Waals surface area (Å²) in [5.74, 6) is -0.338. The van der Waals surface area contributed by atoms with E-state index in [1.807, 2.05) is 0 Å². The van der Waals surface area contributed by atoms with Crippen molar-refractivity contribution in [2.75, 3.05) is 12.3 Å². The predicted octanol–water partition coefficient (Wildman–Crippen LogP) is 1.13. The molecular formula is C15H21NO4S. The number of aliphatic hydroxyl groups is 1. The van der Waals surface area contributed by atoms with Crippen LogP contribution in [0.1, 0.15) is 26.2 Å². The van der Waals surface area contributed by atoms with Crippen molar-refractivity contribution in [2.45, 2.75) is 36.7 Å². The van der Waals surface area contributed by atoms with Crippen molar-refractivity contribution in [3.05, 3.63) is 30.3 Å². The third-order valence-electron chi connectivity index (χ3n) is 3.80. The highest BCUT2D eigenvalue weighted by atomic mass is 32.2. The summed E-state index contributed by atoms with van der Waals surface area (Å²) in [6.45, 7) is 1.87. The zero-order chi connectivity index (χ0) is 15.5. The third kappa shape index (κ3) is 4.54. The number of hydrogen-bond donors (Lipinski definition) is 2. The van der Waals surface area contributed by atoms with Gasteiger partial charge in [-0.05, 0) is 37.8 Å². The van der Waals surface area contributed by atoms with Crippen LogP contribution in [0, 0.1) is 5.92 Å². The van der Waals surface area contributed by atoms with Crippen LogP contribution in [0.5, 0.6) is 0 Å². The zero-order valence-electron chi connectivity index (χ0n) is 12.1. The number of hydrogen-bond acceptors (Lipinski definition) is 4. The summed E-state index contributed by atoms with van der Waals surface area (Å²) < 4.78 is 24.1. The minimum atomic E-state index is -3.44. The maximum Gasteiger partial charge on any atom is 0.221 e. The predicted molar refractivity (Wildman–Crippen MR) is 79.5 cm³/mol. The largest absolute Gasteiger partial charge is 0.388 e. The lowest BCUT2D eigenvalue weighted by atomic mass is 10.0. The lowest BCUT2D eigenvalue weighted by Crippen LogP contribution is -2.42. The van der Waals surface area contributed by atoms with E-state index in [2.05, 4.69) is 5.32 Å². The van der Waals surface area contributed by atoms with Gasteiger partial charge in [0.1, 0.15) is 0 Å². The Morgan fingerprint density at radius 1 is 1.33 bits per heavy atom. The van der Waals surface area contributed by atoms with E-state index in [0.717, 1.165) is 12.8 Å². The van der Waals surface area contributed by atoms with Crippen molar-refractivity contribution in [1.82, 2.24) is 5.32 Å². The first-order valence-electron chi connectivity index (χ1n) is 7.08. The molecule has 1 saturated carbocycles. The smallest absolute Gasteiger partial charge is 0.221 e. The molecule has 21 heavy (non-hydrogen) atoms. The molecule has 2 rings (SSSR count). The van der Waals surface area contributed by atoms with Crippen molar-refractivity contribution in [3.8, 4) is 0 Å².